The van der Waals surface area contributed by atoms with Gasteiger partial charge >= 0.3 is 0 Å². The van der Waals surface area contributed by atoms with Crippen molar-refractivity contribution in [3.8, 4) is 0 Å². The standard InChI is InChI=1S/C15H20N2O2/c1-4-17-13(10(2)3)14(18)16-12(15(17)19)11-8-6-5-7-9-11/h5-10,12-13H,4H2,1-3H3,(H,16,18). The first-order chi connectivity index (χ1) is 9.06. The van der Waals surface area contributed by atoms with Crippen molar-refractivity contribution in [3.63, 3.8) is 0 Å². The quantitative estimate of drug-likeness (QED) is 0.899. The Hall–Kier alpha value is -1.84. The van der Waals surface area contributed by atoms with E-state index in [1.807, 2.05) is 51.1 Å². The molecule has 1 N–H and O–H groups in total. The van der Waals surface area contributed by atoms with Gasteiger partial charge in [-0.05, 0) is 18.4 Å². The topological polar surface area (TPSA) is 49.4 Å². The van der Waals surface area contributed by atoms with Crippen LogP contribution in [0.15, 0.2) is 30.3 Å². The zero-order valence-corrected chi connectivity index (χ0v) is 11.6. The number of carbonyl (C=O) groups is 2. The molecule has 0 aromatic heterocycles. The predicted octanol–water partition coefficient (Wildman–Crippen LogP) is 1.73. The molecule has 1 fully saturated rings. The van der Waals surface area contributed by atoms with E-state index in [0.717, 1.165) is 5.56 Å². The van der Waals surface area contributed by atoms with Crippen LogP contribution in [0.2, 0.25) is 0 Å². The molecule has 1 saturated heterocycles. The zero-order valence-electron chi connectivity index (χ0n) is 11.6. The van der Waals surface area contributed by atoms with Gasteiger partial charge in [-0.25, -0.2) is 0 Å². The molecule has 1 aliphatic rings. The van der Waals surface area contributed by atoms with Crippen molar-refractivity contribution in [1.82, 2.24) is 10.2 Å². The maximum Gasteiger partial charge on any atom is 0.250 e. The van der Waals surface area contributed by atoms with Gasteiger partial charge in [0.15, 0.2) is 0 Å². The van der Waals surface area contributed by atoms with E-state index < -0.39 is 6.04 Å². The van der Waals surface area contributed by atoms with Gasteiger partial charge in [-0.15, -0.1) is 0 Å². The van der Waals surface area contributed by atoms with E-state index in [1.165, 1.54) is 0 Å². The Morgan fingerprint density at radius 3 is 2.37 bits per heavy atom. The van der Waals surface area contributed by atoms with Gasteiger partial charge in [0.05, 0.1) is 0 Å². The summed E-state index contributed by atoms with van der Waals surface area (Å²) in [5.41, 5.74) is 0.835. The summed E-state index contributed by atoms with van der Waals surface area (Å²) >= 11 is 0. The number of piperazine rings is 1. The molecule has 2 unspecified atom stereocenters. The summed E-state index contributed by atoms with van der Waals surface area (Å²) in [4.78, 5) is 26.4. The van der Waals surface area contributed by atoms with Crippen LogP contribution < -0.4 is 5.32 Å². The number of hydrogen-bond donors (Lipinski definition) is 1. The third-order valence-corrected chi connectivity index (χ3v) is 3.53. The highest BCUT2D eigenvalue weighted by Crippen LogP contribution is 2.24. The maximum atomic E-state index is 12.5. The maximum absolute atomic E-state index is 12.5. The number of rotatable bonds is 3. The van der Waals surface area contributed by atoms with Crippen LogP contribution in [0.4, 0.5) is 0 Å². The van der Waals surface area contributed by atoms with E-state index in [2.05, 4.69) is 5.32 Å². The summed E-state index contributed by atoms with van der Waals surface area (Å²) in [7, 11) is 0. The van der Waals surface area contributed by atoms with E-state index in [-0.39, 0.29) is 23.8 Å². The molecule has 102 valence electrons. The first-order valence-corrected chi connectivity index (χ1v) is 6.72. The summed E-state index contributed by atoms with van der Waals surface area (Å²) in [5, 5.41) is 2.85. The second-order valence-corrected chi connectivity index (χ2v) is 5.17. The lowest BCUT2D eigenvalue weighted by Gasteiger charge is -2.40. The fraction of sp³-hybridized carbons (Fsp3) is 0.467. The number of carbonyl (C=O) groups excluding carboxylic acids is 2. The molecular formula is C15H20N2O2. The van der Waals surface area contributed by atoms with E-state index in [9.17, 15) is 9.59 Å². The van der Waals surface area contributed by atoms with Crippen LogP contribution in [0.5, 0.6) is 0 Å². The molecule has 1 heterocycles. The highest BCUT2D eigenvalue weighted by atomic mass is 16.2. The van der Waals surface area contributed by atoms with Crippen LogP contribution in [0, 0.1) is 5.92 Å². The Labute approximate surface area is 113 Å². The van der Waals surface area contributed by atoms with Crippen molar-refractivity contribution >= 4 is 11.8 Å². The zero-order chi connectivity index (χ0) is 14.0. The average Bonchev–Trinajstić information content (AvgIpc) is 2.41. The molecule has 0 bridgehead atoms. The van der Waals surface area contributed by atoms with Crippen LogP contribution in [-0.2, 0) is 9.59 Å². The smallest absolute Gasteiger partial charge is 0.250 e. The Kier molecular flexibility index (Phi) is 3.88. The first kappa shape index (κ1) is 13.6. The molecule has 0 radical (unpaired) electrons. The highest BCUT2D eigenvalue weighted by molar-refractivity contribution is 5.97. The van der Waals surface area contributed by atoms with E-state index in [0.29, 0.717) is 6.54 Å². The highest BCUT2D eigenvalue weighted by Gasteiger charge is 2.41. The molecule has 1 aromatic rings. The third-order valence-electron chi connectivity index (χ3n) is 3.53. The van der Waals surface area contributed by atoms with Crippen LogP contribution in [0.3, 0.4) is 0 Å². The largest absolute Gasteiger partial charge is 0.339 e. The second-order valence-electron chi connectivity index (χ2n) is 5.17. The molecule has 19 heavy (non-hydrogen) atoms. The van der Waals surface area contributed by atoms with Crippen molar-refractivity contribution in [3.05, 3.63) is 35.9 Å². The van der Waals surface area contributed by atoms with Crippen molar-refractivity contribution in [2.75, 3.05) is 6.54 Å². The van der Waals surface area contributed by atoms with Crippen LogP contribution in [-0.4, -0.2) is 29.3 Å². The van der Waals surface area contributed by atoms with E-state index >= 15 is 0 Å². The summed E-state index contributed by atoms with van der Waals surface area (Å²) in [6.07, 6.45) is 0. The lowest BCUT2D eigenvalue weighted by atomic mass is 9.94. The monoisotopic (exact) mass is 260 g/mol. The number of nitrogens with one attached hydrogen (secondary N) is 1. The van der Waals surface area contributed by atoms with E-state index in [1.54, 1.807) is 4.90 Å². The molecule has 0 saturated carbocycles. The fourth-order valence-corrected chi connectivity index (χ4v) is 2.62. The Balaban J connectivity index is 2.32. The Bertz CT molecular complexity index is 470. The summed E-state index contributed by atoms with van der Waals surface area (Å²) < 4.78 is 0. The minimum Gasteiger partial charge on any atom is -0.339 e. The van der Waals surface area contributed by atoms with Gasteiger partial charge in [0, 0.05) is 6.54 Å². The van der Waals surface area contributed by atoms with Gasteiger partial charge in [0.25, 0.3) is 0 Å². The minimum atomic E-state index is -0.552. The average molecular weight is 260 g/mol. The SMILES string of the molecule is CCN1C(=O)C(c2ccccc2)NC(=O)C1C(C)C. The normalized spacial score (nSPS) is 23.7. The van der Waals surface area contributed by atoms with Crippen molar-refractivity contribution < 1.29 is 9.59 Å². The number of likely N-dealkylation sites (N-methyl/N-ethyl adjacent to an activating group) is 1. The van der Waals surface area contributed by atoms with Crippen LogP contribution >= 0.6 is 0 Å². The number of nitrogens with zero attached hydrogens (tertiary/aromatic N) is 1. The summed E-state index contributed by atoms with van der Waals surface area (Å²) in [5.74, 6) is 0.0259. The number of amides is 2. The number of hydrogen-bond acceptors (Lipinski definition) is 2. The number of benzene rings is 1. The lowest BCUT2D eigenvalue weighted by molar-refractivity contribution is -0.151. The molecule has 4 nitrogen and oxygen atoms in total. The molecule has 4 heteroatoms. The Morgan fingerprint density at radius 2 is 1.84 bits per heavy atom. The molecule has 1 aromatic carbocycles. The van der Waals surface area contributed by atoms with Crippen molar-refractivity contribution in [2.45, 2.75) is 32.9 Å². The Morgan fingerprint density at radius 1 is 1.21 bits per heavy atom. The van der Waals surface area contributed by atoms with Gasteiger partial charge in [-0.3, -0.25) is 9.59 Å². The lowest BCUT2D eigenvalue weighted by Crippen LogP contribution is -2.61. The molecule has 1 aliphatic heterocycles. The summed E-state index contributed by atoms with van der Waals surface area (Å²) in [6, 6.07) is 8.46. The van der Waals surface area contributed by atoms with E-state index in [4.69, 9.17) is 0 Å². The van der Waals surface area contributed by atoms with Gasteiger partial charge in [-0.2, -0.15) is 0 Å². The first-order valence-electron chi connectivity index (χ1n) is 6.72. The molecule has 0 aliphatic carbocycles. The van der Waals surface area contributed by atoms with Gasteiger partial charge < -0.3 is 10.2 Å². The summed E-state index contributed by atoms with van der Waals surface area (Å²) in [6.45, 7) is 6.39. The second kappa shape index (κ2) is 5.43. The molecule has 2 amide bonds. The predicted molar refractivity (Wildman–Crippen MR) is 73.3 cm³/mol. The van der Waals surface area contributed by atoms with Crippen LogP contribution in [0.25, 0.3) is 0 Å². The van der Waals surface area contributed by atoms with Gasteiger partial charge in [0.1, 0.15) is 12.1 Å². The van der Waals surface area contributed by atoms with Gasteiger partial charge in [0.2, 0.25) is 11.8 Å². The van der Waals surface area contributed by atoms with Crippen molar-refractivity contribution in [2.24, 2.45) is 5.92 Å². The molecule has 0 spiro atoms. The molecule has 2 atom stereocenters. The minimum absolute atomic E-state index is 0.0213. The van der Waals surface area contributed by atoms with Gasteiger partial charge in [-0.1, -0.05) is 44.2 Å². The fourth-order valence-electron chi connectivity index (χ4n) is 2.62. The molecule has 2 rings (SSSR count). The third kappa shape index (κ3) is 2.48. The van der Waals surface area contributed by atoms with Crippen LogP contribution in [0.1, 0.15) is 32.4 Å². The molecular weight excluding hydrogens is 240 g/mol. The van der Waals surface area contributed by atoms with Crippen molar-refractivity contribution in [1.29, 1.82) is 0 Å².